The second kappa shape index (κ2) is 24.1. The molecular weight excluding hydrogens is 955 g/mol. The molecule has 3 saturated heterocycles. The number of carbonyl (C=O) groups excluding carboxylic acids is 1. The van der Waals surface area contributed by atoms with Crippen molar-refractivity contribution in [2.45, 2.75) is 202 Å². The molecule has 1 unspecified atom stereocenters. The Morgan fingerprint density at radius 3 is 2.21 bits per heavy atom. The number of sulfone groups is 1. The second-order valence-corrected chi connectivity index (χ2v) is 24.3. The van der Waals surface area contributed by atoms with Crippen LogP contribution in [-0.4, -0.2) is 206 Å². The summed E-state index contributed by atoms with van der Waals surface area (Å²) >= 11 is 0. The molecule has 0 bridgehead atoms. The lowest BCUT2D eigenvalue weighted by Crippen LogP contribution is -2.62. The van der Waals surface area contributed by atoms with Crippen molar-refractivity contribution in [3.63, 3.8) is 0 Å². The van der Waals surface area contributed by atoms with E-state index in [9.17, 15) is 49.0 Å². The van der Waals surface area contributed by atoms with Crippen molar-refractivity contribution in [1.29, 1.82) is 0 Å². The summed E-state index contributed by atoms with van der Waals surface area (Å²) in [7, 11) is 1.75. The zero-order valence-corrected chi connectivity index (χ0v) is 45.7. The van der Waals surface area contributed by atoms with Gasteiger partial charge in [0.1, 0.15) is 42.2 Å². The van der Waals surface area contributed by atoms with E-state index in [-0.39, 0.29) is 30.1 Å². The van der Waals surface area contributed by atoms with Crippen LogP contribution in [0.15, 0.2) is 35.4 Å². The third-order valence-corrected chi connectivity index (χ3v) is 17.4. The van der Waals surface area contributed by atoms with Gasteiger partial charge in [0, 0.05) is 63.5 Å². The molecule has 0 spiro atoms. The number of aliphatic hydroxyl groups excluding tert-OH is 5. The van der Waals surface area contributed by atoms with Gasteiger partial charge >= 0.3 is 5.97 Å². The van der Waals surface area contributed by atoms with Gasteiger partial charge in [0.15, 0.2) is 16.1 Å². The standard InChI is InChI=1S/C51H87N5O15S/c1-15-40-51(10,64)44(60)32(6)55(12)25-28(2)23-49(8,63)46(30(4)41(31(5)47(62)70-40)39-24-50(9,67-13)45(61)33(7)69-39)71-48-43(59)37(22-29(3)68-48)54(11)21-20-35-26-56(53-52-35)38(27-57)42(58)34-16-18-36(19-17-34)72(14,65)66/h16-19,26,28-33,37-46,48,57-61,63-64H,15,20-25,27H2,1-14H3/t28-,29-,30+,31-,32-,33+,37+,38-,39?,40-,41+,42-,43-,44-,45+,46-,48+,49-,50-,51-/m1/s1. The Kier molecular flexibility index (Phi) is 20.1. The highest BCUT2D eigenvalue weighted by Gasteiger charge is 2.55. The molecule has 20 atom stereocenters. The first-order valence-electron chi connectivity index (χ1n) is 25.5. The molecule has 2 aromatic rings. The van der Waals surface area contributed by atoms with Gasteiger partial charge in [0.25, 0.3) is 0 Å². The largest absolute Gasteiger partial charge is 0.459 e. The number of hydrogen-bond acceptors (Lipinski definition) is 19. The highest BCUT2D eigenvalue weighted by Crippen LogP contribution is 2.45. The van der Waals surface area contributed by atoms with E-state index in [0.29, 0.717) is 37.2 Å². The number of benzene rings is 1. The maximum atomic E-state index is 14.6. The summed E-state index contributed by atoms with van der Waals surface area (Å²) in [6.07, 6.45) is -6.09. The molecule has 72 heavy (non-hydrogen) atoms. The fraction of sp³-hybridized carbons (Fsp3) is 0.824. The summed E-state index contributed by atoms with van der Waals surface area (Å²) < 4.78 is 57.4. The van der Waals surface area contributed by atoms with Crippen LogP contribution in [-0.2, 0) is 44.7 Å². The Bertz CT molecular complexity index is 2170. The first-order valence-corrected chi connectivity index (χ1v) is 27.4. The summed E-state index contributed by atoms with van der Waals surface area (Å²) in [5.41, 5.74) is -3.62. The Hall–Kier alpha value is -2.74. The van der Waals surface area contributed by atoms with Crippen molar-refractivity contribution in [3.8, 4) is 0 Å². The lowest BCUT2D eigenvalue weighted by molar-refractivity contribution is -0.302. The molecule has 1 aromatic carbocycles. The molecule has 3 aliphatic heterocycles. The van der Waals surface area contributed by atoms with Crippen LogP contribution in [0.1, 0.15) is 118 Å². The van der Waals surface area contributed by atoms with Crippen molar-refractivity contribution < 1.29 is 72.6 Å². The summed E-state index contributed by atoms with van der Waals surface area (Å²) in [6, 6.07) is 3.77. The topological polar surface area (TPSA) is 276 Å². The van der Waals surface area contributed by atoms with Crippen LogP contribution < -0.4 is 0 Å². The lowest BCUT2D eigenvalue weighted by atomic mass is 9.68. The number of cyclic esters (lactones) is 1. The van der Waals surface area contributed by atoms with E-state index in [4.69, 9.17) is 23.7 Å². The number of nitrogens with zero attached hydrogens (tertiary/aromatic N) is 5. The molecule has 412 valence electrons. The van der Waals surface area contributed by atoms with Crippen molar-refractivity contribution in [2.24, 2.45) is 23.7 Å². The van der Waals surface area contributed by atoms with Gasteiger partial charge in [-0.1, -0.05) is 45.0 Å². The zero-order valence-electron chi connectivity index (χ0n) is 44.9. The van der Waals surface area contributed by atoms with Crippen LogP contribution in [0.4, 0.5) is 0 Å². The number of rotatable bonds is 14. The first kappa shape index (κ1) is 60.1. The second-order valence-electron chi connectivity index (χ2n) is 22.2. The molecule has 20 nitrogen and oxygen atoms in total. The highest BCUT2D eigenvalue weighted by atomic mass is 32.2. The molecule has 21 heteroatoms. The predicted molar refractivity (Wildman–Crippen MR) is 266 cm³/mol. The number of aliphatic hydroxyl groups is 7. The normalized spacial score (nSPS) is 40.2. The molecule has 0 saturated carbocycles. The van der Waals surface area contributed by atoms with E-state index in [1.165, 1.54) is 43.0 Å². The van der Waals surface area contributed by atoms with Crippen LogP contribution >= 0.6 is 0 Å². The maximum Gasteiger partial charge on any atom is 0.309 e. The Balaban J connectivity index is 1.45. The molecule has 3 fully saturated rings. The SMILES string of the molecule is CC[C@H]1OC(=O)[C@H](C)[C@@H](C2C[C@@](C)(OC)[C@@H](O)[C@H](C)O2)[C@H](C)[C@@H](O[C@@H]2O[C@H](C)C[C@H](N(C)CCc3cn([C@H](CO)[C@H](O)c4ccc(S(C)(=O)=O)cc4)nn3)[C@H]2O)[C@](C)(O)C[C@@H](C)CN(C)[C@H](C)[C@@H](O)[C@]1(C)O. The third kappa shape index (κ3) is 13.4. The molecule has 5 rings (SSSR count). The number of ether oxygens (including phenoxy) is 5. The van der Waals surface area contributed by atoms with Crippen molar-refractivity contribution in [2.75, 3.05) is 47.2 Å². The van der Waals surface area contributed by atoms with E-state index >= 15 is 0 Å². The quantitative estimate of drug-likeness (QED) is 0.133. The molecule has 1 aromatic heterocycles. The van der Waals surface area contributed by atoms with Crippen molar-refractivity contribution in [1.82, 2.24) is 24.8 Å². The van der Waals surface area contributed by atoms with Gasteiger partial charge in [-0.15, -0.1) is 5.10 Å². The monoisotopic (exact) mass is 1040 g/mol. The molecule has 0 aliphatic carbocycles. The van der Waals surface area contributed by atoms with Gasteiger partial charge in [0.05, 0.1) is 58.7 Å². The minimum atomic E-state index is -3.45. The summed E-state index contributed by atoms with van der Waals surface area (Å²) in [5.74, 6) is -3.33. The maximum absolute atomic E-state index is 14.6. The Morgan fingerprint density at radius 2 is 1.62 bits per heavy atom. The smallest absolute Gasteiger partial charge is 0.309 e. The average molecular weight is 1040 g/mol. The van der Waals surface area contributed by atoms with Gasteiger partial charge < -0.3 is 69.2 Å². The van der Waals surface area contributed by atoms with Gasteiger partial charge in [-0.25, -0.2) is 13.1 Å². The Morgan fingerprint density at radius 1 is 0.986 bits per heavy atom. The number of methoxy groups -OCH3 is 1. The van der Waals surface area contributed by atoms with Gasteiger partial charge in [0.2, 0.25) is 0 Å². The van der Waals surface area contributed by atoms with E-state index in [2.05, 4.69) is 10.3 Å². The number of aromatic nitrogens is 3. The van der Waals surface area contributed by atoms with Crippen molar-refractivity contribution >= 4 is 15.8 Å². The van der Waals surface area contributed by atoms with E-state index in [0.717, 1.165) is 6.26 Å². The fourth-order valence-electron chi connectivity index (χ4n) is 11.7. The van der Waals surface area contributed by atoms with Crippen LogP contribution in [0.3, 0.4) is 0 Å². The van der Waals surface area contributed by atoms with Crippen LogP contribution in [0, 0.1) is 23.7 Å². The van der Waals surface area contributed by atoms with E-state index < -0.39 is 136 Å². The molecular formula is C51H87N5O15S. The highest BCUT2D eigenvalue weighted by molar-refractivity contribution is 7.90. The van der Waals surface area contributed by atoms with Crippen LogP contribution in [0.25, 0.3) is 0 Å². The number of esters is 1. The number of hydrogen-bond donors (Lipinski definition) is 7. The molecule has 0 radical (unpaired) electrons. The molecule has 0 amide bonds. The Labute approximate surface area is 426 Å². The van der Waals surface area contributed by atoms with Crippen molar-refractivity contribution in [3.05, 3.63) is 41.7 Å². The molecule has 7 N–H and O–H groups in total. The van der Waals surface area contributed by atoms with Gasteiger partial charge in [-0.05, 0) is 104 Å². The van der Waals surface area contributed by atoms with Crippen LogP contribution in [0.5, 0.6) is 0 Å². The minimum Gasteiger partial charge on any atom is -0.459 e. The van der Waals surface area contributed by atoms with E-state index in [1.54, 1.807) is 47.7 Å². The molecule has 4 heterocycles. The predicted octanol–water partition coefficient (Wildman–Crippen LogP) is 2.05. The first-order chi connectivity index (χ1) is 33.4. The third-order valence-electron chi connectivity index (χ3n) is 16.3. The van der Waals surface area contributed by atoms with Gasteiger partial charge in [-0.2, -0.15) is 0 Å². The lowest BCUT2D eigenvalue weighted by Gasteiger charge is -2.51. The zero-order chi connectivity index (χ0) is 54.0. The minimum absolute atomic E-state index is 0.100. The van der Waals surface area contributed by atoms with Gasteiger partial charge in [-0.3, -0.25) is 4.79 Å². The summed E-state index contributed by atoms with van der Waals surface area (Å²) in [5, 5.41) is 90.1. The summed E-state index contributed by atoms with van der Waals surface area (Å²) in [4.78, 5) is 18.6. The number of likely N-dealkylation sites (N-methyl/N-ethyl adjacent to an activating group) is 2. The average Bonchev–Trinajstić information content (AvgIpc) is 3.78. The summed E-state index contributed by atoms with van der Waals surface area (Å²) in [6.45, 7) is 18.0. The van der Waals surface area contributed by atoms with Crippen LogP contribution in [0.2, 0.25) is 0 Å². The molecule has 3 aliphatic rings. The fourth-order valence-corrected chi connectivity index (χ4v) is 12.3. The number of carbonyl (C=O) groups is 1. The van der Waals surface area contributed by atoms with E-state index in [1.807, 2.05) is 44.7 Å².